The number of anilines is 2. The smallest absolute Gasteiger partial charge is 0.308 e. The minimum absolute atomic E-state index is 0.0256. The largest absolute Gasteiger partial charge is 0.324 e. The molecule has 160 valence electrons. The molecule has 0 aliphatic rings. The van der Waals surface area contributed by atoms with Gasteiger partial charge in [0.2, 0.25) is 15.9 Å². The first kappa shape index (κ1) is 22.3. The fraction of sp³-hybridized carbons (Fsp3) is 0.300. The van der Waals surface area contributed by atoms with Crippen molar-refractivity contribution in [3.63, 3.8) is 0 Å². The number of benzene rings is 2. The molecular formula is C20H22ClN3O4S2. The molecule has 7 nitrogen and oxygen atoms in total. The number of amides is 1. The molecule has 1 aromatic heterocycles. The summed E-state index contributed by atoms with van der Waals surface area (Å²) in [5.74, 6) is -0.496. The third-order valence-electron chi connectivity index (χ3n) is 4.53. The number of carbonyl (C=O) groups is 1. The summed E-state index contributed by atoms with van der Waals surface area (Å²) in [5, 5.41) is 3.20. The molecular weight excluding hydrogens is 446 g/mol. The van der Waals surface area contributed by atoms with E-state index in [1.165, 1.54) is 0 Å². The van der Waals surface area contributed by atoms with E-state index in [2.05, 4.69) is 5.32 Å². The van der Waals surface area contributed by atoms with Crippen LogP contribution in [-0.4, -0.2) is 31.7 Å². The number of nitrogens with one attached hydrogen (secondary N) is 1. The second-order valence-electron chi connectivity index (χ2n) is 7.26. The maximum absolute atomic E-state index is 12.6. The summed E-state index contributed by atoms with van der Waals surface area (Å²) in [6.07, 6.45) is 1.05. The summed E-state index contributed by atoms with van der Waals surface area (Å²) in [5.41, 5.74) is 2.32. The normalized spacial score (nSPS) is 11.8. The molecule has 0 aliphatic carbocycles. The third kappa shape index (κ3) is 4.69. The van der Waals surface area contributed by atoms with Gasteiger partial charge >= 0.3 is 4.87 Å². The van der Waals surface area contributed by atoms with E-state index in [1.54, 1.807) is 47.9 Å². The van der Waals surface area contributed by atoms with Crippen molar-refractivity contribution in [3.05, 3.63) is 56.7 Å². The van der Waals surface area contributed by atoms with Crippen LogP contribution in [0.5, 0.6) is 0 Å². The average Bonchev–Trinajstić information content (AvgIpc) is 2.94. The van der Waals surface area contributed by atoms with Gasteiger partial charge in [-0.2, -0.15) is 0 Å². The molecule has 0 bridgehead atoms. The average molecular weight is 468 g/mol. The zero-order chi connectivity index (χ0) is 22.2. The van der Waals surface area contributed by atoms with Crippen molar-refractivity contribution < 1.29 is 13.2 Å². The van der Waals surface area contributed by atoms with E-state index in [9.17, 15) is 18.0 Å². The van der Waals surface area contributed by atoms with Crippen molar-refractivity contribution in [1.82, 2.24) is 4.57 Å². The zero-order valence-corrected chi connectivity index (χ0v) is 19.4. The highest BCUT2D eigenvalue weighted by atomic mass is 35.5. The lowest BCUT2D eigenvalue weighted by Gasteiger charge is -2.23. The summed E-state index contributed by atoms with van der Waals surface area (Å²) in [7, 11) is -3.70. The van der Waals surface area contributed by atoms with Gasteiger partial charge < -0.3 is 5.32 Å². The fourth-order valence-electron chi connectivity index (χ4n) is 3.21. The van der Waals surface area contributed by atoms with Crippen molar-refractivity contribution >= 4 is 60.5 Å². The lowest BCUT2D eigenvalue weighted by atomic mass is 10.2. The Morgan fingerprint density at radius 2 is 1.93 bits per heavy atom. The molecule has 3 rings (SSSR count). The van der Waals surface area contributed by atoms with Crippen LogP contribution < -0.4 is 14.5 Å². The van der Waals surface area contributed by atoms with Crippen LogP contribution in [0.2, 0.25) is 5.02 Å². The van der Waals surface area contributed by atoms with Crippen molar-refractivity contribution in [1.29, 1.82) is 0 Å². The Balaban J connectivity index is 1.86. The van der Waals surface area contributed by atoms with Gasteiger partial charge in [0.25, 0.3) is 0 Å². The van der Waals surface area contributed by atoms with Crippen molar-refractivity contribution in [2.75, 3.05) is 22.4 Å². The van der Waals surface area contributed by atoms with Crippen LogP contribution in [0, 0.1) is 6.92 Å². The van der Waals surface area contributed by atoms with Gasteiger partial charge in [0.15, 0.2) is 0 Å². The Kier molecular flexibility index (Phi) is 6.26. The van der Waals surface area contributed by atoms with Gasteiger partial charge in [-0.25, -0.2) is 8.42 Å². The second kappa shape index (κ2) is 8.41. The highest BCUT2D eigenvalue weighted by molar-refractivity contribution is 7.92. The van der Waals surface area contributed by atoms with Crippen molar-refractivity contribution in [2.24, 2.45) is 0 Å². The number of rotatable bonds is 6. The molecule has 0 saturated carbocycles. The fourth-order valence-corrected chi connectivity index (χ4v) is 5.41. The number of nitrogens with zero attached hydrogens (tertiary/aromatic N) is 2. The predicted molar refractivity (Wildman–Crippen MR) is 123 cm³/mol. The minimum Gasteiger partial charge on any atom is -0.324 e. The van der Waals surface area contributed by atoms with E-state index in [0.717, 1.165) is 32.1 Å². The number of aryl methyl sites for hydroxylation is 1. The first-order chi connectivity index (χ1) is 14.0. The lowest BCUT2D eigenvalue weighted by molar-refractivity contribution is -0.114. The molecule has 10 heteroatoms. The molecule has 2 aromatic carbocycles. The van der Waals surface area contributed by atoms with Gasteiger partial charge in [-0.05, 0) is 62.7 Å². The van der Waals surface area contributed by atoms with Gasteiger partial charge in [0.1, 0.15) is 6.54 Å². The van der Waals surface area contributed by atoms with Gasteiger partial charge in [-0.15, -0.1) is 0 Å². The van der Waals surface area contributed by atoms with Crippen molar-refractivity contribution in [3.8, 4) is 0 Å². The molecule has 1 amide bonds. The van der Waals surface area contributed by atoms with E-state index in [-0.39, 0.29) is 17.5 Å². The first-order valence-corrected chi connectivity index (χ1v) is 12.2. The van der Waals surface area contributed by atoms with E-state index in [4.69, 9.17) is 11.6 Å². The van der Waals surface area contributed by atoms with E-state index in [1.807, 2.05) is 13.8 Å². The Bertz CT molecular complexity index is 1280. The molecule has 0 atom stereocenters. The van der Waals surface area contributed by atoms with Crippen LogP contribution in [0.25, 0.3) is 10.2 Å². The monoisotopic (exact) mass is 467 g/mol. The van der Waals surface area contributed by atoms with E-state index >= 15 is 0 Å². The lowest BCUT2D eigenvalue weighted by Crippen LogP contribution is -2.37. The molecule has 3 aromatic rings. The number of sulfonamides is 1. The highest BCUT2D eigenvalue weighted by Crippen LogP contribution is 2.27. The molecule has 1 N–H and O–H groups in total. The number of fused-ring (bicyclic) bond motifs is 1. The van der Waals surface area contributed by atoms with Crippen LogP contribution in [0.15, 0.2) is 41.2 Å². The van der Waals surface area contributed by atoms with Crippen LogP contribution in [-0.2, 0) is 14.8 Å². The van der Waals surface area contributed by atoms with E-state index in [0.29, 0.717) is 22.0 Å². The first-order valence-electron chi connectivity index (χ1n) is 9.16. The second-order valence-corrected chi connectivity index (χ2v) is 10.6. The Labute approximate surface area is 183 Å². The third-order valence-corrected chi connectivity index (χ3v) is 6.81. The molecule has 30 heavy (non-hydrogen) atoms. The van der Waals surface area contributed by atoms with E-state index < -0.39 is 15.9 Å². The Morgan fingerprint density at radius 1 is 1.23 bits per heavy atom. The number of halogens is 1. The van der Waals surface area contributed by atoms with Gasteiger partial charge in [-0.1, -0.05) is 22.9 Å². The molecule has 0 fully saturated rings. The standard InChI is InChI=1S/C20H22ClN3O4S2/c1-12(2)24-17-8-6-15(10-18(17)29-20(24)26)22-19(25)11-23(30(4,27)28)16-7-5-14(21)9-13(16)3/h5-10,12H,11H2,1-4H3,(H,22,25). The minimum atomic E-state index is -3.70. The molecule has 0 unspecified atom stereocenters. The SMILES string of the molecule is Cc1cc(Cl)ccc1N(CC(=O)Nc1ccc2c(c1)sc(=O)n2C(C)C)S(C)(=O)=O. The number of hydrogen-bond acceptors (Lipinski definition) is 5. The summed E-state index contributed by atoms with van der Waals surface area (Å²) in [4.78, 5) is 24.8. The maximum atomic E-state index is 12.6. The molecule has 0 spiro atoms. The van der Waals surface area contributed by atoms with Crippen LogP contribution in [0.4, 0.5) is 11.4 Å². The zero-order valence-electron chi connectivity index (χ0n) is 17.0. The molecule has 0 radical (unpaired) electrons. The van der Waals surface area contributed by atoms with Crippen LogP contribution >= 0.6 is 22.9 Å². The van der Waals surface area contributed by atoms with Crippen molar-refractivity contribution in [2.45, 2.75) is 26.8 Å². The molecule has 0 saturated heterocycles. The quantitative estimate of drug-likeness (QED) is 0.593. The maximum Gasteiger partial charge on any atom is 0.308 e. The Hall–Kier alpha value is -2.36. The predicted octanol–water partition coefficient (Wildman–Crippen LogP) is 4.01. The Morgan fingerprint density at radius 3 is 2.53 bits per heavy atom. The topological polar surface area (TPSA) is 88.5 Å². The van der Waals surface area contributed by atoms with Crippen LogP contribution in [0.1, 0.15) is 25.5 Å². The number of carbonyl (C=O) groups excluding carboxylic acids is 1. The van der Waals surface area contributed by atoms with Gasteiger partial charge in [0, 0.05) is 16.8 Å². The van der Waals surface area contributed by atoms with Gasteiger partial charge in [0.05, 0.1) is 22.2 Å². The summed E-state index contributed by atoms with van der Waals surface area (Å²) in [6, 6.07) is 10.0. The number of thiazole rings is 1. The van der Waals surface area contributed by atoms with Crippen LogP contribution in [0.3, 0.4) is 0 Å². The number of aromatic nitrogens is 1. The van der Waals surface area contributed by atoms with Gasteiger partial charge in [-0.3, -0.25) is 18.5 Å². The highest BCUT2D eigenvalue weighted by Gasteiger charge is 2.23. The summed E-state index contributed by atoms with van der Waals surface area (Å²) in [6.45, 7) is 5.21. The summed E-state index contributed by atoms with van der Waals surface area (Å²) >= 11 is 7.06. The molecule has 1 heterocycles. The summed E-state index contributed by atoms with van der Waals surface area (Å²) < 4.78 is 28.1. The number of hydrogen-bond donors (Lipinski definition) is 1. The molecule has 0 aliphatic heterocycles.